The van der Waals surface area contributed by atoms with E-state index in [4.69, 9.17) is 5.73 Å². The van der Waals surface area contributed by atoms with Crippen molar-refractivity contribution in [1.82, 2.24) is 10.3 Å². The Kier molecular flexibility index (Phi) is 5.22. The van der Waals surface area contributed by atoms with Crippen molar-refractivity contribution in [1.29, 1.82) is 0 Å². The Balaban J connectivity index is 0.00000144. The highest BCUT2D eigenvalue weighted by atomic mass is 35.5. The third-order valence-corrected chi connectivity index (χ3v) is 3.13. The summed E-state index contributed by atoms with van der Waals surface area (Å²) in [4.78, 5) is 15.7. The van der Waals surface area contributed by atoms with Crippen LogP contribution in [-0.4, -0.2) is 17.4 Å². The van der Waals surface area contributed by atoms with Crippen LogP contribution in [0.15, 0.2) is 18.5 Å². The number of hydrogen-bond acceptors (Lipinski definition) is 3. The SMILES string of the molecule is Cl.Nc1ccncc1C(=O)NCC1CCCC1. The number of pyridine rings is 1. The molecular weight excluding hydrogens is 238 g/mol. The van der Waals surface area contributed by atoms with Crippen molar-refractivity contribution < 1.29 is 4.79 Å². The van der Waals surface area contributed by atoms with Gasteiger partial charge in [0.05, 0.1) is 5.56 Å². The lowest BCUT2D eigenvalue weighted by Gasteiger charge is -2.11. The second kappa shape index (κ2) is 6.45. The van der Waals surface area contributed by atoms with E-state index in [-0.39, 0.29) is 18.3 Å². The molecule has 5 heteroatoms. The largest absolute Gasteiger partial charge is 0.398 e. The maximum absolute atomic E-state index is 11.8. The van der Waals surface area contributed by atoms with Crippen molar-refractivity contribution in [3.63, 3.8) is 0 Å². The van der Waals surface area contributed by atoms with Crippen LogP contribution in [0, 0.1) is 5.92 Å². The summed E-state index contributed by atoms with van der Waals surface area (Å²) in [5.41, 5.74) is 6.66. The standard InChI is InChI=1S/C12H17N3O.ClH/c13-11-5-6-14-8-10(11)12(16)15-7-9-3-1-2-4-9;/h5-6,8-9H,1-4,7H2,(H2,13,14)(H,15,16);1H. The minimum absolute atomic E-state index is 0. The van der Waals surface area contributed by atoms with Crippen LogP contribution in [0.25, 0.3) is 0 Å². The predicted octanol–water partition coefficient (Wildman–Crippen LogP) is 2.01. The summed E-state index contributed by atoms with van der Waals surface area (Å²) in [6.45, 7) is 0.757. The molecule has 3 N–H and O–H groups in total. The molecule has 0 unspecified atom stereocenters. The molecule has 1 saturated carbocycles. The topological polar surface area (TPSA) is 68.0 Å². The van der Waals surface area contributed by atoms with Crippen LogP contribution < -0.4 is 11.1 Å². The van der Waals surface area contributed by atoms with Gasteiger partial charge in [0.15, 0.2) is 0 Å². The number of nitrogens with one attached hydrogen (secondary N) is 1. The highest BCUT2D eigenvalue weighted by molar-refractivity contribution is 5.98. The molecule has 94 valence electrons. The van der Waals surface area contributed by atoms with E-state index >= 15 is 0 Å². The summed E-state index contributed by atoms with van der Waals surface area (Å²) < 4.78 is 0. The van der Waals surface area contributed by atoms with E-state index in [1.165, 1.54) is 31.9 Å². The molecule has 1 heterocycles. The molecule has 4 nitrogen and oxygen atoms in total. The van der Waals surface area contributed by atoms with Crippen LogP contribution in [-0.2, 0) is 0 Å². The lowest BCUT2D eigenvalue weighted by Crippen LogP contribution is -2.29. The zero-order chi connectivity index (χ0) is 11.4. The van der Waals surface area contributed by atoms with Gasteiger partial charge < -0.3 is 11.1 Å². The zero-order valence-corrected chi connectivity index (χ0v) is 10.5. The molecule has 0 atom stereocenters. The highest BCUT2D eigenvalue weighted by Crippen LogP contribution is 2.23. The van der Waals surface area contributed by atoms with Gasteiger partial charge in [-0.25, -0.2) is 0 Å². The average molecular weight is 256 g/mol. The van der Waals surface area contributed by atoms with Crippen molar-refractivity contribution in [2.24, 2.45) is 5.92 Å². The summed E-state index contributed by atoms with van der Waals surface area (Å²) in [7, 11) is 0. The van der Waals surface area contributed by atoms with Gasteiger partial charge in [0, 0.05) is 24.6 Å². The number of hydrogen-bond donors (Lipinski definition) is 2. The molecule has 0 aromatic carbocycles. The third-order valence-electron chi connectivity index (χ3n) is 3.13. The number of nitrogens with zero attached hydrogens (tertiary/aromatic N) is 1. The molecule has 17 heavy (non-hydrogen) atoms. The number of carbonyl (C=O) groups excluding carboxylic acids is 1. The molecule has 1 amide bonds. The number of carbonyl (C=O) groups is 1. The van der Waals surface area contributed by atoms with Crippen LogP contribution in [0.4, 0.5) is 5.69 Å². The molecule has 1 aliphatic rings. The molecule has 0 bridgehead atoms. The summed E-state index contributed by atoms with van der Waals surface area (Å²) in [6, 6.07) is 1.64. The van der Waals surface area contributed by atoms with Crippen molar-refractivity contribution in [2.45, 2.75) is 25.7 Å². The van der Waals surface area contributed by atoms with Crippen molar-refractivity contribution in [3.05, 3.63) is 24.0 Å². The first-order chi connectivity index (χ1) is 7.77. The van der Waals surface area contributed by atoms with Crippen molar-refractivity contribution in [2.75, 3.05) is 12.3 Å². The Labute approximate surface area is 107 Å². The van der Waals surface area contributed by atoms with Crippen LogP contribution >= 0.6 is 12.4 Å². The van der Waals surface area contributed by atoms with Gasteiger partial charge in [-0.15, -0.1) is 12.4 Å². The quantitative estimate of drug-likeness (QED) is 0.868. The Morgan fingerprint density at radius 1 is 1.47 bits per heavy atom. The van der Waals surface area contributed by atoms with Gasteiger partial charge in [0.25, 0.3) is 5.91 Å². The maximum atomic E-state index is 11.8. The van der Waals surface area contributed by atoms with Crippen molar-refractivity contribution in [3.8, 4) is 0 Å². The number of nitrogen functional groups attached to an aromatic ring is 1. The highest BCUT2D eigenvalue weighted by Gasteiger charge is 2.16. The van der Waals surface area contributed by atoms with Crippen LogP contribution in [0.3, 0.4) is 0 Å². The van der Waals surface area contributed by atoms with Gasteiger partial charge in [0.1, 0.15) is 0 Å². The first kappa shape index (κ1) is 13.8. The number of halogens is 1. The van der Waals surface area contributed by atoms with Crippen LogP contribution in [0.5, 0.6) is 0 Å². The first-order valence-corrected chi connectivity index (χ1v) is 5.75. The second-order valence-electron chi connectivity index (χ2n) is 4.32. The molecule has 0 spiro atoms. The summed E-state index contributed by atoms with van der Waals surface area (Å²) in [5, 5.41) is 2.92. The molecule has 0 aliphatic heterocycles. The normalized spacial score (nSPS) is 15.3. The molecule has 0 saturated heterocycles. The first-order valence-electron chi connectivity index (χ1n) is 5.75. The Hall–Kier alpha value is -1.29. The minimum atomic E-state index is -0.113. The van der Waals surface area contributed by atoms with Gasteiger partial charge in [0.2, 0.25) is 0 Å². The molecule has 1 fully saturated rings. The number of nitrogens with two attached hydrogens (primary N) is 1. The monoisotopic (exact) mass is 255 g/mol. The van der Waals surface area contributed by atoms with Gasteiger partial charge in [-0.3, -0.25) is 9.78 Å². The fraction of sp³-hybridized carbons (Fsp3) is 0.500. The van der Waals surface area contributed by atoms with E-state index in [0.717, 1.165) is 6.54 Å². The fourth-order valence-corrected chi connectivity index (χ4v) is 2.14. The molecule has 2 rings (SSSR count). The third kappa shape index (κ3) is 3.60. The molecular formula is C12H18ClN3O. The molecule has 1 aromatic heterocycles. The second-order valence-corrected chi connectivity index (χ2v) is 4.32. The number of aromatic nitrogens is 1. The molecule has 0 radical (unpaired) electrons. The van der Waals surface area contributed by atoms with Crippen LogP contribution in [0.1, 0.15) is 36.0 Å². The van der Waals surface area contributed by atoms with Crippen molar-refractivity contribution >= 4 is 24.0 Å². The molecule has 1 aromatic rings. The van der Waals surface area contributed by atoms with E-state index in [9.17, 15) is 4.79 Å². The van der Waals surface area contributed by atoms with Gasteiger partial charge >= 0.3 is 0 Å². The van der Waals surface area contributed by atoms with Crippen LogP contribution in [0.2, 0.25) is 0 Å². The Bertz CT molecular complexity index is 378. The summed E-state index contributed by atoms with van der Waals surface area (Å²) in [6.07, 6.45) is 8.12. The molecule has 1 aliphatic carbocycles. The van der Waals surface area contributed by atoms with Gasteiger partial charge in [-0.05, 0) is 24.8 Å². The predicted molar refractivity (Wildman–Crippen MR) is 70.2 cm³/mol. The Morgan fingerprint density at radius 3 is 2.82 bits per heavy atom. The van der Waals surface area contributed by atoms with Gasteiger partial charge in [-0.1, -0.05) is 12.8 Å². The van der Waals surface area contributed by atoms with E-state index in [1.807, 2.05) is 0 Å². The average Bonchev–Trinajstić information content (AvgIpc) is 2.79. The smallest absolute Gasteiger partial charge is 0.254 e. The van der Waals surface area contributed by atoms with E-state index in [2.05, 4.69) is 10.3 Å². The Morgan fingerprint density at radius 2 is 2.18 bits per heavy atom. The van der Waals surface area contributed by atoms with Gasteiger partial charge in [-0.2, -0.15) is 0 Å². The zero-order valence-electron chi connectivity index (χ0n) is 9.69. The lowest BCUT2D eigenvalue weighted by atomic mass is 10.1. The minimum Gasteiger partial charge on any atom is -0.398 e. The number of anilines is 1. The van der Waals surface area contributed by atoms with E-state index in [1.54, 1.807) is 12.3 Å². The van der Waals surface area contributed by atoms with E-state index < -0.39 is 0 Å². The summed E-state index contributed by atoms with van der Waals surface area (Å²) in [5.74, 6) is 0.527. The number of rotatable bonds is 3. The summed E-state index contributed by atoms with van der Waals surface area (Å²) >= 11 is 0. The number of amides is 1. The van der Waals surface area contributed by atoms with E-state index in [0.29, 0.717) is 17.2 Å². The lowest BCUT2D eigenvalue weighted by molar-refractivity contribution is 0.0948. The fourth-order valence-electron chi connectivity index (χ4n) is 2.14. The maximum Gasteiger partial charge on any atom is 0.254 e.